The van der Waals surface area contributed by atoms with E-state index in [9.17, 15) is 17.6 Å². The van der Waals surface area contributed by atoms with Gasteiger partial charge in [-0.3, -0.25) is 0 Å². The standard InChI is InChI=1S/C20H24FN3O4S/c1-29(26,27)23-18-8-4-10-24(13-18)20(25)22-17-7-2-5-15(11-17)14-28-19-9-3-6-16(21)12-19/h2-3,5-7,9,11-12,18,23H,4,8,10,13-14H2,1H3,(H,22,25). The maximum absolute atomic E-state index is 13.2. The SMILES string of the molecule is CS(=O)(=O)NC1CCCN(C(=O)Nc2cccc(COc3cccc(F)c3)c2)C1. The monoisotopic (exact) mass is 421 g/mol. The van der Waals surface area contributed by atoms with Crippen LogP contribution in [-0.4, -0.2) is 44.7 Å². The van der Waals surface area contributed by atoms with E-state index >= 15 is 0 Å². The summed E-state index contributed by atoms with van der Waals surface area (Å²) in [6.45, 7) is 1.12. The first-order chi connectivity index (χ1) is 13.8. The van der Waals surface area contributed by atoms with Crippen molar-refractivity contribution < 1.29 is 22.3 Å². The number of benzene rings is 2. The van der Waals surface area contributed by atoms with Crippen molar-refractivity contribution in [2.24, 2.45) is 0 Å². The van der Waals surface area contributed by atoms with Gasteiger partial charge in [-0.15, -0.1) is 0 Å². The van der Waals surface area contributed by atoms with Gasteiger partial charge in [0.05, 0.1) is 6.26 Å². The Kier molecular flexibility index (Phi) is 6.71. The summed E-state index contributed by atoms with van der Waals surface area (Å²) in [6, 6.07) is 12.5. The van der Waals surface area contributed by atoms with Crippen molar-refractivity contribution in [3.05, 3.63) is 59.9 Å². The van der Waals surface area contributed by atoms with E-state index in [4.69, 9.17) is 4.74 Å². The molecular formula is C20H24FN3O4S. The van der Waals surface area contributed by atoms with E-state index in [1.165, 1.54) is 12.1 Å². The fraction of sp³-hybridized carbons (Fsp3) is 0.350. The molecule has 2 N–H and O–H groups in total. The lowest BCUT2D eigenvalue weighted by atomic mass is 10.1. The van der Waals surface area contributed by atoms with Gasteiger partial charge in [-0.1, -0.05) is 18.2 Å². The van der Waals surface area contributed by atoms with Gasteiger partial charge in [-0.25, -0.2) is 22.3 Å². The highest BCUT2D eigenvalue weighted by molar-refractivity contribution is 7.88. The maximum atomic E-state index is 13.2. The summed E-state index contributed by atoms with van der Waals surface area (Å²) in [5.41, 5.74) is 1.43. The fourth-order valence-electron chi connectivity index (χ4n) is 3.23. The Labute approximate surface area is 169 Å². The van der Waals surface area contributed by atoms with E-state index in [1.807, 2.05) is 6.07 Å². The number of urea groups is 1. The first-order valence-electron chi connectivity index (χ1n) is 9.29. The molecule has 156 valence electrons. The third kappa shape index (κ3) is 6.72. The number of hydrogen-bond acceptors (Lipinski definition) is 4. The minimum absolute atomic E-state index is 0.233. The molecule has 1 atom stereocenters. The van der Waals surface area contributed by atoms with Crippen molar-refractivity contribution in [1.82, 2.24) is 9.62 Å². The summed E-state index contributed by atoms with van der Waals surface area (Å²) in [5.74, 6) is 0.0610. The smallest absolute Gasteiger partial charge is 0.321 e. The van der Waals surface area contributed by atoms with Crippen molar-refractivity contribution in [2.45, 2.75) is 25.5 Å². The number of sulfonamides is 1. The number of carbonyl (C=O) groups is 1. The van der Waals surface area contributed by atoms with E-state index < -0.39 is 10.0 Å². The van der Waals surface area contributed by atoms with E-state index in [-0.39, 0.29) is 24.5 Å². The van der Waals surface area contributed by atoms with E-state index in [1.54, 1.807) is 35.2 Å². The molecule has 2 aromatic carbocycles. The van der Waals surface area contributed by atoms with Crippen LogP contribution in [0.25, 0.3) is 0 Å². The van der Waals surface area contributed by atoms with Gasteiger partial charge in [0.15, 0.2) is 0 Å². The lowest BCUT2D eigenvalue weighted by Gasteiger charge is -2.32. The summed E-state index contributed by atoms with van der Waals surface area (Å²) in [4.78, 5) is 14.2. The van der Waals surface area contributed by atoms with Gasteiger partial charge in [0, 0.05) is 30.9 Å². The summed E-state index contributed by atoms with van der Waals surface area (Å²) < 4.78 is 44.2. The van der Waals surface area contributed by atoms with Crippen LogP contribution in [0, 0.1) is 5.82 Å². The van der Waals surface area contributed by atoms with Gasteiger partial charge in [0.1, 0.15) is 18.2 Å². The fourth-order valence-corrected chi connectivity index (χ4v) is 4.02. The Bertz CT molecular complexity index is 968. The second-order valence-electron chi connectivity index (χ2n) is 7.05. The molecule has 1 aliphatic heterocycles. The average molecular weight is 421 g/mol. The number of rotatable bonds is 6. The Morgan fingerprint density at radius 2 is 2.03 bits per heavy atom. The van der Waals surface area contributed by atoms with Gasteiger partial charge < -0.3 is 15.0 Å². The topological polar surface area (TPSA) is 87.7 Å². The van der Waals surface area contributed by atoms with Crippen LogP contribution in [-0.2, 0) is 16.6 Å². The zero-order chi connectivity index (χ0) is 20.9. The first-order valence-corrected chi connectivity index (χ1v) is 11.2. The minimum Gasteiger partial charge on any atom is -0.489 e. The lowest BCUT2D eigenvalue weighted by Crippen LogP contribution is -2.50. The molecule has 0 bridgehead atoms. The first kappa shape index (κ1) is 21.1. The normalized spacial score (nSPS) is 17.0. The molecule has 1 unspecified atom stereocenters. The van der Waals surface area contributed by atoms with Crippen LogP contribution >= 0.6 is 0 Å². The molecule has 7 nitrogen and oxygen atoms in total. The highest BCUT2D eigenvalue weighted by atomic mass is 32.2. The number of nitrogens with one attached hydrogen (secondary N) is 2. The Balaban J connectivity index is 1.57. The molecule has 0 saturated carbocycles. The largest absolute Gasteiger partial charge is 0.489 e. The number of anilines is 1. The predicted molar refractivity (Wildman–Crippen MR) is 109 cm³/mol. The molecular weight excluding hydrogens is 397 g/mol. The number of amides is 2. The quantitative estimate of drug-likeness (QED) is 0.751. The number of ether oxygens (including phenoxy) is 1. The average Bonchev–Trinajstić information content (AvgIpc) is 2.66. The van der Waals surface area contributed by atoms with Crippen molar-refractivity contribution in [2.75, 3.05) is 24.7 Å². The number of carbonyl (C=O) groups excluding carboxylic acids is 1. The Morgan fingerprint density at radius 3 is 2.79 bits per heavy atom. The minimum atomic E-state index is -3.32. The molecule has 0 aromatic heterocycles. The second-order valence-corrected chi connectivity index (χ2v) is 8.83. The van der Waals surface area contributed by atoms with Crippen molar-refractivity contribution >= 4 is 21.7 Å². The van der Waals surface area contributed by atoms with Crippen LogP contribution in [0.3, 0.4) is 0 Å². The van der Waals surface area contributed by atoms with Crippen LogP contribution in [0.1, 0.15) is 18.4 Å². The highest BCUT2D eigenvalue weighted by Crippen LogP contribution is 2.18. The molecule has 29 heavy (non-hydrogen) atoms. The Hall–Kier alpha value is -2.65. The third-order valence-electron chi connectivity index (χ3n) is 4.47. The van der Waals surface area contributed by atoms with Crippen LogP contribution in [0.2, 0.25) is 0 Å². The summed E-state index contributed by atoms with van der Waals surface area (Å²) in [6.07, 6.45) is 2.54. The summed E-state index contributed by atoms with van der Waals surface area (Å²) >= 11 is 0. The molecule has 2 aromatic rings. The number of halogens is 1. The van der Waals surface area contributed by atoms with Gasteiger partial charge in [0.25, 0.3) is 0 Å². The molecule has 3 rings (SSSR count). The van der Waals surface area contributed by atoms with Crippen LogP contribution in [0.5, 0.6) is 5.75 Å². The van der Waals surface area contributed by atoms with Gasteiger partial charge in [0.2, 0.25) is 10.0 Å². The molecule has 1 saturated heterocycles. The van der Waals surface area contributed by atoms with Crippen LogP contribution < -0.4 is 14.8 Å². The molecule has 0 spiro atoms. The van der Waals surface area contributed by atoms with Crippen molar-refractivity contribution in [3.63, 3.8) is 0 Å². The zero-order valence-corrected chi connectivity index (χ0v) is 16.9. The van der Waals surface area contributed by atoms with Gasteiger partial charge >= 0.3 is 6.03 Å². The second kappa shape index (κ2) is 9.23. The summed E-state index contributed by atoms with van der Waals surface area (Å²) in [7, 11) is -3.32. The Morgan fingerprint density at radius 1 is 1.24 bits per heavy atom. The van der Waals surface area contributed by atoms with E-state index in [0.717, 1.165) is 18.2 Å². The molecule has 1 fully saturated rings. The predicted octanol–water partition coefficient (Wildman–Crippen LogP) is 2.95. The van der Waals surface area contributed by atoms with Gasteiger partial charge in [-0.05, 0) is 42.7 Å². The van der Waals surface area contributed by atoms with Gasteiger partial charge in [-0.2, -0.15) is 0 Å². The molecule has 1 heterocycles. The number of hydrogen-bond donors (Lipinski definition) is 2. The van der Waals surface area contributed by atoms with Crippen LogP contribution in [0.4, 0.5) is 14.9 Å². The molecule has 9 heteroatoms. The zero-order valence-electron chi connectivity index (χ0n) is 16.1. The molecule has 0 radical (unpaired) electrons. The number of nitrogens with zero attached hydrogens (tertiary/aromatic N) is 1. The third-order valence-corrected chi connectivity index (χ3v) is 5.23. The van der Waals surface area contributed by atoms with Crippen molar-refractivity contribution in [1.29, 1.82) is 0 Å². The highest BCUT2D eigenvalue weighted by Gasteiger charge is 2.25. The molecule has 0 aliphatic carbocycles. The lowest BCUT2D eigenvalue weighted by molar-refractivity contribution is 0.190. The number of piperidine rings is 1. The maximum Gasteiger partial charge on any atom is 0.321 e. The summed E-state index contributed by atoms with van der Waals surface area (Å²) in [5, 5.41) is 2.84. The van der Waals surface area contributed by atoms with E-state index in [2.05, 4.69) is 10.0 Å². The molecule has 1 aliphatic rings. The van der Waals surface area contributed by atoms with E-state index in [0.29, 0.717) is 30.9 Å². The van der Waals surface area contributed by atoms with Crippen molar-refractivity contribution in [3.8, 4) is 5.75 Å². The molecule has 2 amide bonds. The van der Waals surface area contributed by atoms with Crippen LogP contribution in [0.15, 0.2) is 48.5 Å². The number of likely N-dealkylation sites (tertiary alicyclic amines) is 1.